The van der Waals surface area contributed by atoms with Gasteiger partial charge in [-0.15, -0.1) is 0 Å². The second kappa shape index (κ2) is 6.90. The lowest BCUT2D eigenvalue weighted by Crippen LogP contribution is -2.43. The molecule has 0 aromatic carbocycles. The van der Waals surface area contributed by atoms with Gasteiger partial charge in [-0.2, -0.15) is 0 Å². The van der Waals surface area contributed by atoms with E-state index in [1.807, 2.05) is 0 Å². The van der Waals surface area contributed by atoms with Gasteiger partial charge >= 0.3 is 0 Å². The standard InChI is InChI=1S/C11H17N3O3.CH4/c1-7(15)3-4-10(16)14-6-8(13-2)5-9(14)11(12)17;/h3-4,8-9,13H,5-6H2,1-2H3,(H2,12,17);1H4/b4-3+;/t8-,9-;/m1./s1. The average Bonchev–Trinajstić information content (AvgIpc) is 2.69. The molecule has 6 nitrogen and oxygen atoms in total. The summed E-state index contributed by atoms with van der Waals surface area (Å²) in [6, 6.07) is -0.543. The van der Waals surface area contributed by atoms with Crippen molar-refractivity contribution in [1.29, 1.82) is 0 Å². The van der Waals surface area contributed by atoms with E-state index in [1.165, 1.54) is 24.0 Å². The van der Waals surface area contributed by atoms with Crippen molar-refractivity contribution in [2.75, 3.05) is 13.6 Å². The number of ketones is 1. The molecule has 1 fully saturated rings. The third-order valence-corrected chi connectivity index (χ3v) is 2.78. The van der Waals surface area contributed by atoms with Gasteiger partial charge in [0.25, 0.3) is 0 Å². The minimum absolute atomic E-state index is 0. The van der Waals surface area contributed by atoms with Gasteiger partial charge in [-0.25, -0.2) is 0 Å². The quantitative estimate of drug-likeness (QED) is 0.659. The first-order valence-electron chi connectivity index (χ1n) is 5.41. The number of nitrogens with zero attached hydrogens (tertiary/aromatic N) is 1. The zero-order valence-corrected chi connectivity index (χ0v) is 9.97. The number of nitrogens with two attached hydrogens (primary N) is 1. The van der Waals surface area contributed by atoms with Crippen LogP contribution in [0, 0.1) is 0 Å². The lowest BCUT2D eigenvalue weighted by Gasteiger charge is -2.20. The normalized spacial score (nSPS) is 22.9. The smallest absolute Gasteiger partial charge is 0.247 e. The summed E-state index contributed by atoms with van der Waals surface area (Å²) in [4.78, 5) is 35.1. The maximum Gasteiger partial charge on any atom is 0.247 e. The van der Waals surface area contributed by atoms with E-state index >= 15 is 0 Å². The molecular weight excluding hydrogens is 234 g/mol. The number of amides is 2. The molecule has 1 heterocycles. The van der Waals surface area contributed by atoms with E-state index in [0.29, 0.717) is 13.0 Å². The Morgan fingerprint density at radius 3 is 2.39 bits per heavy atom. The van der Waals surface area contributed by atoms with Gasteiger partial charge in [0, 0.05) is 18.7 Å². The molecule has 1 aliphatic heterocycles. The number of carbonyl (C=O) groups excluding carboxylic acids is 3. The van der Waals surface area contributed by atoms with Crippen molar-refractivity contribution in [1.82, 2.24) is 10.2 Å². The minimum Gasteiger partial charge on any atom is -0.368 e. The zero-order chi connectivity index (χ0) is 13.0. The van der Waals surface area contributed by atoms with E-state index < -0.39 is 11.9 Å². The Kier molecular flexibility index (Phi) is 6.26. The fraction of sp³-hybridized carbons (Fsp3) is 0.583. The van der Waals surface area contributed by atoms with Crippen LogP contribution in [-0.2, 0) is 14.4 Å². The predicted molar refractivity (Wildman–Crippen MR) is 68.7 cm³/mol. The highest BCUT2D eigenvalue weighted by Gasteiger charge is 2.36. The van der Waals surface area contributed by atoms with Crippen LogP contribution in [0.2, 0.25) is 0 Å². The first-order valence-corrected chi connectivity index (χ1v) is 5.41. The molecule has 1 saturated heterocycles. The molecule has 0 radical (unpaired) electrons. The summed E-state index contributed by atoms with van der Waals surface area (Å²) in [6.07, 6.45) is 2.87. The molecular formula is C12H21N3O3. The summed E-state index contributed by atoms with van der Waals surface area (Å²) in [5, 5.41) is 3.01. The SMILES string of the molecule is C.CN[C@@H]1C[C@H](C(N)=O)N(C(=O)/C=C/C(C)=O)C1. The molecule has 1 rings (SSSR count). The first-order chi connectivity index (χ1) is 7.95. The summed E-state index contributed by atoms with van der Waals surface area (Å²) < 4.78 is 0. The second-order valence-electron chi connectivity index (χ2n) is 4.07. The molecule has 0 bridgehead atoms. The fourth-order valence-corrected chi connectivity index (χ4v) is 1.84. The number of hydrogen-bond acceptors (Lipinski definition) is 4. The van der Waals surface area contributed by atoms with Gasteiger partial charge in [-0.3, -0.25) is 14.4 Å². The van der Waals surface area contributed by atoms with Crippen molar-refractivity contribution in [3.63, 3.8) is 0 Å². The summed E-state index contributed by atoms with van der Waals surface area (Å²) >= 11 is 0. The van der Waals surface area contributed by atoms with Crippen LogP contribution in [0.5, 0.6) is 0 Å². The number of allylic oxidation sites excluding steroid dienone is 1. The predicted octanol–water partition coefficient (Wildman–Crippen LogP) is -0.558. The van der Waals surface area contributed by atoms with Crippen LogP contribution in [0.1, 0.15) is 20.8 Å². The number of carbonyl (C=O) groups is 3. The lowest BCUT2D eigenvalue weighted by atomic mass is 10.1. The number of nitrogens with one attached hydrogen (secondary N) is 1. The Morgan fingerprint density at radius 1 is 1.33 bits per heavy atom. The highest BCUT2D eigenvalue weighted by atomic mass is 16.2. The molecule has 3 N–H and O–H groups in total. The van der Waals surface area contributed by atoms with Crippen molar-refractivity contribution in [3.05, 3.63) is 12.2 Å². The maximum atomic E-state index is 11.8. The topological polar surface area (TPSA) is 92.5 Å². The molecule has 1 aliphatic rings. The van der Waals surface area contributed by atoms with Crippen molar-refractivity contribution >= 4 is 17.6 Å². The highest BCUT2D eigenvalue weighted by molar-refractivity contribution is 5.98. The Morgan fingerprint density at radius 2 is 1.94 bits per heavy atom. The van der Waals surface area contributed by atoms with Crippen LogP contribution in [0.4, 0.5) is 0 Å². The third kappa shape index (κ3) is 3.96. The third-order valence-electron chi connectivity index (χ3n) is 2.78. The Bertz CT molecular complexity index is 366. The first kappa shape index (κ1) is 16.3. The van der Waals surface area contributed by atoms with E-state index in [9.17, 15) is 14.4 Å². The summed E-state index contributed by atoms with van der Waals surface area (Å²) in [5.74, 6) is -1.09. The van der Waals surface area contributed by atoms with Gasteiger partial charge in [0.2, 0.25) is 11.8 Å². The van der Waals surface area contributed by atoms with Crippen molar-refractivity contribution < 1.29 is 14.4 Å². The van der Waals surface area contributed by atoms with E-state index in [-0.39, 0.29) is 25.2 Å². The van der Waals surface area contributed by atoms with E-state index in [4.69, 9.17) is 5.73 Å². The van der Waals surface area contributed by atoms with Gasteiger partial charge in [-0.1, -0.05) is 7.43 Å². The largest absolute Gasteiger partial charge is 0.368 e. The van der Waals surface area contributed by atoms with Crippen LogP contribution in [0.15, 0.2) is 12.2 Å². The molecule has 0 aromatic rings. The van der Waals surface area contributed by atoms with Crippen LogP contribution >= 0.6 is 0 Å². The Hall–Kier alpha value is -1.69. The number of primary amides is 1. The summed E-state index contributed by atoms with van der Waals surface area (Å²) in [6.45, 7) is 1.78. The number of hydrogen-bond donors (Lipinski definition) is 2. The fourth-order valence-electron chi connectivity index (χ4n) is 1.84. The molecule has 6 heteroatoms. The number of likely N-dealkylation sites (N-methyl/N-ethyl adjacent to an activating group) is 1. The molecule has 102 valence electrons. The van der Waals surface area contributed by atoms with E-state index in [2.05, 4.69) is 5.32 Å². The molecule has 2 amide bonds. The Labute approximate surface area is 107 Å². The second-order valence-corrected chi connectivity index (χ2v) is 4.07. The molecule has 2 atom stereocenters. The van der Waals surface area contributed by atoms with Gasteiger partial charge in [0.1, 0.15) is 6.04 Å². The molecule has 0 unspecified atom stereocenters. The number of rotatable bonds is 4. The molecule has 0 saturated carbocycles. The van der Waals surface area contributed by atoms with Crippen molar-refractivity contribution in [2.24, 2.45) is 5.73 Å². The van der Waals surface area contributed by atoms with Gasteiger partial charge in [-0.05, 0) is 26.5 Å². The van der Waals surface area contributed by atoms with Crippen LogP contribution in [0.3, 0.4) is 0 Å². The van der Waals surface area contributed by atoms with Crippen molar-refractivity contribution in [3.8, 4) is 0 Å². The highest BCUT2D eigenvalue weighted by Crippen LogP contribution is 2.17. The van der Waals surface area contributed by atoms with Gasteiger partial charge in [0.05, 0.1) is 0 Å². The monoisotopic (exact) mass is 255 g/mol. The summed E-state index contributed by atoms with van der Waals surface area (Å²) in [5.41, 5.74) is 5.25. The lowest BCUT2D eigenvalue weighted by molar-refractivity contribution is -0.133. The van der Waals surface area contributed by atoms with Crippen LogP contribution in [-0.4, -0.2) is 48.2 Å². The number of likely N-dealkylation sites (tertiary alicyclic amines) is 1. The molecule has 18 heavy (non-hydrogen) atoms. The van der Waals surface area contributed by atoms with Crippen LogP contribution in [0.25, 0.3) is 0 Å². The Balaban J connectivity index is 0.00000289. The molecule has 0 aromatic heterocycles. The minimum atomic E-state index is -0.600. The van der Waals surface area contributed by atoms with Gasteiger partial charge < -0.3 is 16.0 Å². The average molecular weight is 255 g/mol. The molecule has 0 aliphatic carbocycles. The summed E-state index contributed by atoms with van der Waals surface area (Å²) in [7, 11) is 1.77. The molecule has 0 spiro atoms. The van der Waals surface area contributed by atoms with Crippen LogP contribution < -0.4 is 11.1 Å². The van der Waals surface area contributed by atoms with E-state index in [0.717, 1.165) is 0 Å². The van der Waals surface area contributed by atoms with Crippen molar-refractivity contribution in [2.45, 2.75) is 32.9 Å². The van der Waals surface area contributed by atoms with E-state index in [1.54, 1.807) is 7.05 Å². The zero-order valence-electron chi connectivity index (χ0n) is 9.97. The maximum absolute atomic E-state index is 11.8. The van der Waals surface area contributed by atoms with Gasteiger partial charge in [0.15, 0.2) is 5.78 Å².